The van der Waals surface area contributed by atoms with Gasteiger partial charge < -0.3 is 4.74 Å². The lowest BCUT2D eigenvalue weighted by atomic mass is 9.98. The van der Waals surface area contributed by atoms with Gasteiger partial charge in [-0.2, -0.15) is 0 Å². The molecule has 3 nitrogen and oxygen atoms in total. The molecular weight excluding hydrogens is 212 g/mol. The highest BCUT2D eigenvalue weighted by atomic mass is 16.5. The molecular formula is C14H24N2O. The summed E-state index contributed by atoms with van der Waals surface area (Å²) in [7, 11) is 1.71. The first-order valence-corrected chi connectivity index (χ1v) is 6.21. The average Bonchev–Trinajstić information content (AvgIpc) is 2.35. The number of rotatable bonds is 7. The number of benzene rings is 1. The van der Waals surface area contributed by atoms with Gasteiger partial charge >= 0.3 is 0 Å². The largest absolute Gasteiger partial charge is 0.385 e. The monoisotopic (exact) mass is 236 g/mol. The van der Waals surface area contributed by atoms with Crippen LogP contribution in [0.5, 0.6) is 0 Å². The van der Waals surface area contributed by atoms with Crippen molar-refractivity contribution >= 4 is 0 Å². The fraction of sp³-hybridized carbons (Fsp3) is 0.571. The minimum atomic E-state index is 0.278. The van der Waals surface area contributed by atoms with Crippen LogP contribution in [-0.4, -0.2) is 19.8 Å². The van der Waals surface area contributed by atoms with Gasteiger partial charge in [-0.15, -0.1) is 0 Å². The Balaban J connectivity index is 2.54. The van der Waals surface area contributed by atoms with Crippen LogP contribution in [-0.2, 0) is 11.2 Å². The summed E-state index contributed by atoms with van der Waals surface area (Å²) in [6.45, 7) is 5.15. The molecule has 1 aromatic rings. The van der Waals surface area contributed by atoms with Crippen LogP contribution in [0.4, 0.5) is 0 Å². The Morgan fingerprint density at radius 1 is 1.24 bits per heavy atom. The summed E-state index contributed by atoms with van der Waals surface area (Å²) < 4.78 is 5.07. The standard InChI is InChI=1S/C14H24N2O/c1-11(2)13-6-4-12(5-7-13)10-14(16-15)8-9-17-3/h4-7,11,14,16H,8-10,15H2,1-3H3. The minimum Gasteiger partial charge on any atom is -0.385 e. The van der Waals surface area contributed by atoms with Crippen molar-refractivity contribution in [2.45, 2.75) is 38.6 Å². The first-order valence-electron chi connectivity index (χ1n) is 6.21. The summed E-state index contributed by atoms with van der Waals surface area (Å²) in [5, 5.41) is 0. The van der Waals surface area contributed by atoms with Crippen LogP contribution < -0.4 is 11.3 Å². The molecule has 0 amide bonds. The number of hydrogen-bond donors (Lipinski definition) is 2. The molecule has 0 bridgehead atoms. The third-order valence-electron chi connectivity index (χ3n) is 3.03. The molecule has 17 heavy (non-hydrogen) atoms. The summed E-state index contributed by atoms with van der Waals surface area (Å²) in [6.07, 6.45) is 1.87. The second kappa shape index (κ2) is 7.43. The zero-order chi connectivity index (χ0) is 12.7. The third kappa shape index (κ3) is 4.86. The molecule has 3 N–H and O–H groups in total. The number of nitrogens with one attached hydrogen (secondary N) is 1. The molecule has 0 aliphatic carbocycles. The molecule has 96 valence electrons. The van der Waals surface area contributed by atoms with E-state index < -0.39 is 0 Å². The molecule has 0 saturated carbocycles. The van der Waals surface area contributed by atoms with E-state index in [1.165, 1.54) is 11.1 Å². The molecule has 0 radical (unpaired) electrons. The highest BCUT2D eigenvalue weighted by Crippen LogP contribution is 2.15. The molecule has 1 unspecified atom stereocenters. The first kappa shape index (κ1) is 14.2. The van der Waals surface area contributed by atoms with E-state index in [1.807, 2.05) is 0 Å². The Morgan fingerprint density at radius 2 is 1.88 bits per heavy atom. The lowest BCUT2D eigenvalue weighted by Crippen LogP contribution is -2.37. The van der Waals surface area contributed by atoms with E-state index in [9.17, 15) is 0 Å². The maximum atomic E-state index is 5.53. The van der Waals surface area contributed by atoms with Gasteiger partial charge in [0.1, 0.15) is 0 Å². The summed E-state index contributed by atoms with van der Waals surface area (Å²) in [5.41, 5.74) is 5.53. The van der Waals surface area contributed by atoms with E-state index in [0.717, 1.165) is 19.4 Å². The second-order valence-corrected chi connectivity index (χ2v) is 4.75. The Bertz CT molecular complexity index is 309. The third-order valence-corrected chi connectivity index (χ3v) is 3.03. The summed E-state index contributed by atoms with van der Waals surface area (Å²) in [6, 6.07) is 9.05. The van der Waals surface area contributed by atoms with Crippen molar-refractivity contribution in [1.29, 1.82) is 0 Å². The molecule has 1 rings (SSSR count). The predicted molar refractivity (Wildman–Crippen MR) is 71.8 cm³/mol. The van der Waals surface area contributed by atoms with Gasteiger partial charge in [0.25, 0.3) is 0 Å². The lowest BCUT2D eigenvalue weighted by Gasteiger charge is -2.16. The molecule has 1 atom stereocenters. The molecule has 0 heterocycles. The van der Waals surface area contributed by atoms with Crippen LogP contribution in [0.2, 0.25) is 0 Å². The van der Waals surface area contributed by atoms with Crippen LogP contribution in [0.1, 0.15) is 37.3 Å². The van der Waals surface area contributed by atoms with Crippen molar-refractivity contribution in [1.82, 2.24) is 5.43 Å². The van der Waals surface area contributed by atoms with Crippen molar-refractivity contribution < 1.29 is 4.74 Å². The fourth-order valence-electron chi connectivity index (χ4n) is 1.83. The number of hydrazine groups is 1. The van der Waals surface area contributed by atoms with Crippen LogP contribution in [0.3, 0.4) is 0 Å². The van der Waals surface area contributed by atoms with E-state index >= 15 is 0 Å². The highest BCUT2D eigenvalue weighted by Gasteiger charge is 2.07. The van der Waals surface area contributed by atoms with E-state index in [0.29, 0.717) is 5.92 Å². The maximum Gasteiger partial charge on any atom is 0.0477 e. The molecule has 0 saturated heterocycles. The van der Waals surface area contributed by atoms with E-state index in [4.69, 9.17) is 10.6 Å². The molecule has 0 aromatic heterocycles. The van der Waals surface area contributed by atoms with E-state index in [2.05, 4.69) is 43.5 Å². The van der Waals surface area contributed by atoms with Gasteiger partial charge in [-0.05, 0) is 29.9 Å². The highest BCUT2D eigenvalue weighted by molar-refractivity contribution is 5.25. The van der Waals surface area contributed by atoms with Crippen molar-refractivity contribution in [3.8, 4) is 0 Å². The Hall–Kier alpha value is -0.900. The Labute approximate surface area is 104 Å². The van der Waals surface area contributed by atoms with Gasteiger partial charge in [0, 0.05) is 19.8 Å². The van der Waals surface area contributed by atoms with Crippen LogP contribution in [0, 0.1) is 0 Å². The van der Waals surface area contributed by atoms with Gasteiger partial charge in [0.15, 0.2) is 0 Å². The number of nitrogens with two attached hydrogens (primary N) is 1. The quantitative estimate of drug-likeness (QED) is 0.564. The zero-order valence-electron chi connectivity index (χ0n) is 11.1. The average molecular weight is 236 g/mol. The first-order chi connectivity index (χ1) is 8.17. The van der Waals surface area contributed by atoms with Gasteiger partial charge in [0.2, 0.25) is 0 Å². The SMILES string of the molecule is COCCC(Cc1ccc(C(C)C)cc1)NN. The predicted octanol–water partition coefficient (Wildman–Crippen LogP) is 2.22. The Morgan fingerprint density at radius 3 is 2.35 bits per heavy atom. The van der Waals surface area contributed by atoms with E-state index in [1.54, 1.807) is 7.11 Å². The van der Waals surface area contributed by atoms with Crippen LogP contribution in [0.15, 0.2) is 24.3 Å². The molecule has 0 aliphatic rings. The molecule has 0 spiro atoms. The van der Waals surface area contributed by atoms with Crippen LogP contribution >= 0.6 is 0 Å². The van der Waals surface area contributed by atoms with Crippen molar-refractivity contribution in [2.24, 2.45) is 5.84 Å². The Kier molecular flexibility index (Phi) is 6.19. The van der Waals surface area contributed by atoms with Crippen molar-refractivity contribution in [3.63, 3.8) is 0 Å². The number of ether oxygens (including phenoxy) is 1. The van der Waals surface area contributed by atoms with Gasteiger partial charge in [-0.25, -0.2) is 0 Å². The summed E-state index contributed by atoms with van der Waals surface area (Å²) in [4.78, 5) is 0. The zero-order valence-corrected chi connectivity index (χ0v) is 11.1. The lowest BCUT2D eigenvalue weighted by molar-refractivity contribution is 0.182. The van der Waals surface area contributed by atoms with Crippen molar-refractivity contribution in [3.05, 3.63) is 35.4 Å². The molecule has 0 aliphatic heterocycles. The normalized spacial score (nSPS) is 13.0. The van der Waals surface area contributed by atoms with Gasteiger partial charge in [0.05, 0.1) is 0 Å². The molecule has 1 aromatic carbocycles. The van der Waals surface area contributed by atoms with Gasteiger partial charge in [-0.3, -0.25) is 11.3 Å². The van der Waals surface area contributed by atoms with E-state index in [-0.39, 0.29) is 6.04 Å². The van der Waals surface area contributed by atoms with Crippen molar-refractivity contribution in [2.75, 3.05) is 13.7 Å². The topological polar surface area (TPSA) is 47.3 Å². The number of methoxy groups -OCH3 is 1. The maximum absolute atomic E-state index is 5.53. The molecule has 3 heteroatoms. The molecule has 0 fully saturated rings. The van der Waals surface area contributed by atoms with Gasteiger partial charge in [-0.1, -0.05) is 38.1 Å². The summed E-state index contributed by atoms with van der Waals surface area (Å²) >= 11 is 0. The fourth-order valence-corrected chi connectivity index (χ4v) is 1.83. The second-order valence-electron chi connectivity index (χ2n) is 4.75. The van der Waals surface area contributed by atoms with Crippen LogP contribution in [0.25, 0.3) is 0 Å². The minimum absolute atomic E-state index is 0.278. The number of hydrogen-bond acceptors (Lipinski definition) is 3. The smallest absolute Gasteiger partial charge is 0.0477 e. The summed E-state index contributed by atoms with van der Waals surface area (Å²) in [5.74, 6) is 6.12.